The standard InChI is InChI=1S/C10H17F3O/c1-6-7(8(6,2)3)5-9(4,14)10(11,12)13/h6-7,14H,5H2,1-4H3. The number of hydrogen-bond donors (Lipinski definition) is 1. The van der Waals surface area contributed by atoms with Crippen LogP contribution in [0.2, 0.25) is 0 Å². The van der Waals surface area contributed by atoms with Crippen LogP contribution in [0.1, 0.15) is 34.1 Å². The van der Waals surface area contributed by atoms with Gasteiger partial charge in [0.05, 0.1) is 0 Å². The van der Waals surface area contributed by atoms with Crippen molar-refractivity contribution in [3.8, 4) is 0 Å². The van der Waals surface area contributed by atoms with Crippen molar-refractivity contribution in [1.82, 2.24) is 0 Å². The number of halogens is 3. The molecular formula is C10H17F3O. The van der Waals surface area contributed by atoms with Crippen molar-refractivity contribution in [3.63, 3.8) is 0 Å². The first-order valence-electron chi connectivity index (χ1n) is 4.79. The van der Waals surface area contributed by atoms with Crippen molar-refractivity contribution in [3.05, 3.63) is 0 Å². The summed E-state index contributed by atoms with van der Waals surface area (Å²) in [5, 5.41) is 9.29. The Kier molecular flexibility index (Phi) is 2.43. The molecule has 4 heteroatoms. The SMILES string of the molecule is CC1C(CC(C)(O)C(F)(F)F)C1(C)C. The summed E-state index contributed by atoms with van der Waals surface area (Å²) in [5.74, 6) is 0.232. The molecule has 0 heterocycles. The fourth-order valence-corrected chi connectivity index (χ4v) is 2.00. The van der Waals surface area contributed by atoms with Crippen LogP contribution in [0.25, 0.3) is 0 Å². The van der Waals surface area contributed by atoms with Crippen molar-refractivity contribution in [1.29, 1.82) is 0 Å². The first kappa shape index (κ1) is 11.8. The topological polar surface area (TPSA) is 20.2 Å². The lowest BCUT2D eigenvalue weighted by molar-refractivity contribution is -0.257. The molecule has 1 aliphatic carbocycles. The van der Waals surface area contributed by atoms with Crippen molar-refractivity contribution >= 4 is 0 Å². The van der Waals surface area contributed by atoms with E-state index < -0.39 is 11.8 Å². The van der Waals surface area contributed by atoms with Crippen LogP contribution in [-0.4, -0.2) is 16.9 Å². The van der Waals surface area contributed by atoms with Gasteiger partial charge in [-0.3, -0.25) is 0 Å². The number of rotatable bonds is 2. The summed E-state index contributed by atoms with van der Waals surface area (Å²) < 4.78 is 37.1. The molecule has 0 spiro atoms. The summed E-state index contributed by atoms with van der Waals surface area (Å²) in [6, 6.07) is 0. The van der Waals surface area contributed by atoms with Gasteiger partial charge in [0.25, 0.3) is 0 Å². The van der Waals surface area contributed by atoms with Gasteiger partial charge < -0.3 is 5.11 Å². The average Bonchev–Trinajstić information content (AvgIpc) is 2.35. The van der Waals surface area contributed by atoms with Gasteiger partial charge in [-0.15, -0.1) is 0 Å². The molecule has 14 heavy (non-hydrogen) atoms. The average molecular weight is 210 g/mol. The minimum absolute atomic E-state index is 0.0286. The Morgan fingerprint density at radius 1 is 1.29 bits per heavy atom. The van der Waals surface area contributed by atoms with Crippen LogP contribution in [0.3, 0.4) is 0 Å². The molecule has 84 valence electrons. The summed E-state index contributed by atoms with van der Waals surface area (Å²) in [5.41, 5.74) is -2.60. The highest BCUT2D eigenvalue weighted by atomic mass is 19.4. The molecule has 1 rings (SSSR count). The van der Waals surface area contributed by atoms with Crippen LogP contribution in [0.15, 0.2) is 0 Å². The van der Waals surface area contributed by atoms with E-state index in [1.54, 1.807) is 0 Å². The van der Waals surface area contributed by atoms with Crippen LogP contribution < -0.4 is 0 Å². The van der Waals surface area contributed by atoms with E-state index in [-0.39, 0.29) is 23.7 Å². The summed E-state index contributed by atoms with van der Waals surface area (Å²) in [6.07, 6.45) is -4.71. The van der Waals surface area contributed by atoms with E-state index in [0.717, 1.165) is 6.92 Å². The van der Waals surface area contributed by atoms with E-state index in [2.05, 4.69) is 0 Å². The van der Waals surface area contributed by atoms with Crippen LogP contribution in [-0.2, 0) is 0 Å². The van der Waals surface area contributed by atoms with Crippen molar-refractivity contribution in [2.24, 2.45) is 17.3 Å². The van der Waals surface area contributed by atoms with Gasteiger partial charge in [-0.05, 0) is 30.6 Å². The second-order valence-electron chi connectivity index (χ2n) is 5.19. The second-order valence-corrected chi connectivity index (χ2v) is 5.19. The van der Waals surface area contributed by atoms with Gasteiger partial charge in [0, 0.05) is 0 Å². The monoisotopic (exact) mass is 210 g/mol. The molecule has 0 bridgehead atoms. The van der Waals surface area contributed by atoms with Crippen molar-refractivity contribution in [2.45, 2.75) is 45.9 Å². The Balaban J connectivity index is 2.63. The molecule has 3 unspecified atom stereocenters. The van der Waals surface area contributed by atoms with Gasteiger partial charge in [-0.2, -0.15) is 13.2 Å². The van der Waals surface area contributed by atoms with E-state index >= 15 is 0 Å². The largest absolute Gasteiger partial charge is 0.416 e. The zero-order valence-corrected chi connectivity index (χ0v) is 8.94. The number of alkyl halides is 3. The van der Waals surface area contributed by atoms with Gasteiger partial charge >= 0.3 is 6.18 Å². The van der Waals surface area contributed by atoms with Gasteiger partial charge in [0.15, 0.2) is 5.60 Å². The lowest BCUT2D eigenvalue weighted by atomic mass is 9.95. The lowest BCUT2D eigenvalue weighted by Crippen LogP contribution is -2.42. The highest BCUT2D eigenvalue weighted by Crippen LogP contribution is 2.61. The molecule has 3 atom stereocenters. The molecule has 0 aromatic heterocycles. The highest BCUT2D eigenvalue weighted by Gasteiger charge is 2.60. The third kappa shape index (κ3) is 1.76. The minimum Gasteiger partial charge on any atom is -0.381 e. The highest BCUT2D eigenvalue weighted by molar-refractivity contribution is 5.05. The van der Waals surface area contributed by atoms with E-state index in [1.807, 2.05) is 20.8 Å². The molecule has 1 nitrogen and oxygen atoms in total. The molecule has 1 N–H and O–H groups in total. The van der Waals surface area contributed by atoms with Gasteiger partial charge in [0.1, 0.15) is 0 Å². The van der Waals surface area contributed by atoms with Crippen molar-refractivity contribution < 1.29 is 18.3 Å². The Labute approximate surface area is 82.3 Å². The van der Waals surface area contributed by atoms with E-state index in [1.165, 1.54) is 0 Å². The fourth-order valence-electron chi connectivity index (χ4n) is 2.00. The molecule has 0 aromatic carbocycles. The Morgan fingerprint density at radius 2 is 1.64 bits per heavy atom. The van der Waals surface area contributed by atoms with Crippen LogP contribution in [0.5, 0.6) is 0 Å². The molecule has 1 saturated carbocycles. The minimum atomic E-state index is -4.52. The third-order valence-corrected chi connectivity index (χ3v) is 3.85. The molecule has 0 saturated heterocycles. The number of hydrogen-bond acceptors (Lipinski definition) is 1. The smallest absolute Gasteiger partial charge is 0.381 e. The quantitative estimate of drug-likeness (QED) is 0.742. The predicted octanol–water partition coefficient (Wildman–Crippen LogP) is 2.98. The molecule has 1 fully saturated rings. The summed E-state index contributed by atoms with van der Waals surface area (Å²) >= 11 is 0. The van der Waals surface area contributed by atoms with Crippen LogP contribution in [0, 0.1) is 17.3 Å². The maximum atomic E-state index is 12.4. The first-order chi connectivity index (χ1) is 6.00. The third-order valence-electron chi connectivity index (χ3n) is 3.85. The molecule has 1 aliphatic rings. The molecule has 0 amide bonds. The molecule has 0 aromatic rings. The van der Waals surface area contributed by atoms with E-state index in [9.17, 15) is 18.3 Å². The van der Waals surface area contributed by atoms with Gasteiger partial charge in [-0.1, -0.05) is 20.8 Å². The zero-order valence-electron chi connectivity index (χ0n) is 8.94. The van der Waals surface area contributed by atoms with Crippen LogP contribution >= 0.6 is 0 Å². The first-order valence-corrected chi connectivity index (χ1v) is 4.79. The van der Waals surface area contributed by atoms with Crippen LogP contribution in [0.4, 0.5) is 13.2 Å². The maximum absolute atomic E-state index is 12.4. The van der Waals surface area contributed by atoms with Gasteiger partial charge in [0.2, 0.25) is 0 Å². The summed E-state index contributed by atoms with van der Waals surface area (Å²) in [6.45, 7) is 6.66. The fraction of sp³-hybridized carbons (Fsp3) is 1.00. The molecule has 0 radical (unpaired) electrons. The Morgan fingerprint density at radius 3 is 1.86 bits per heavy atom. The summed E-state index contributed by atoms with van der Waals surface area (Å²) in [7, 11) is 0. The normalized spacial score (nSPS) is 35.1. The van der Waals surface area contributed by atoms with E-state index in [4.69, 9.17) is 0 Å². The zero-order chi connectivity index (χ0) is 11.4. The predicted molar refractivity (Wildman–Crippen MR) is 47.7 cm³/mol. The maximum Gasteiger partial charge on any atom is 0.416 e. The van der Waals surface area contributed by atoms with E-state index in [0.29, 0.717) is 0 Å². The lowest BCUT2D eigenvalue weighted by Gasteiger charge is -2.26. The number of aliphatic hydroxyl groups is 1. The van der Waals surface area contributed by atoms with Crippen molar-refractivity contribution in [2.75, 3.05) is 0 Å². The molecular weight excluding hydrogens is 193 g/mol. The summed E-state index contributed by atoms with van der Waals surface area (Å²) in [4.78, 5) is 0. The Hall–Kier alpha value is -0.250. The Bertz CT molecular complexity index is 230. The molecule has 0 aliphatic heterocycles. The van der Waals surface area contributed by atoms with Gasteiger partial charge in [-0.25, -0.2) is 0 Å². The second kappa shape index (κ2) is 2.87.